The number of aromatic nitrogens is 5. The van der Waals surface area contributed by atoms with E-state index in [1.165, 1.54) is 5.56 Å². The fraction of sp³-hybridized carbons (Fsp3) is 0.255. The summed E-state index contributed by atoms with van der Waals surface area (Å²) in [4.78, 5) is 9.37. The second-order valence-corrected chi connectivity index (χ2v) is 15.9. The monoisotopic (exact) mass is 893 g/mol. The van der Waals surface area contributed by atoms with E-state index in [2.05, 4.69) is 118 Å². The molecule has 0 saturated heterocycles. The van der Waals surface area contributed by atoms with Crippen molar-refractivity contribution in [2.24, 2.45) is 5.89 Å². The van der Waals surface area contributed by atoms with E-state index in [-0.39, 0.29) is 31.9 Å². The third kappa shape index (κ3) is 7.12. The summed E-state index contributed by atoms with van der Waals surface area (Å²) in [6.07, 6.45) is 6.85. The number of ether oxygens (including phenoxy) is 1. The number of para-hydroxylation sites is 1. The summed E-state index contributed by atoms with van der Waals surface area (Å²) in [5.41, 5.74) is 7.59. The molecule has 0 N–H and O–H groups in total. The first kappa shape index (κ1) is 33.5. The summed E-state index contributed by atoms with van der Waals surface area (Å²) in [6, 6.07) is 37.1. The van der Waals surface area contributed by atoms with Crippen LogP contribution in [0.25, 0.3) is 50.0 Å². The SMILES string of the molecule is [2H]C(C)(C)C([2H])([2H])c1cccc(-[n+]2[c-]n(-c3[c-]c(Oc4[c-]c5c(cc4)c4ccccc4n5-c4cc(C(C)(C)C)ccn4)cnc3)c3ccc(C(C)(C)C)cc32)c1.[Pt]. The average Bonchev–Trinajstić information content (AvgIpc) is 3.70. The van der Waals surface area contributed by atoms with Crippen molar-refractivity contribution in [3.8, 4) is 28.7 Å². The van der Waals surface area contributed by atoms with Crippen LogP contribution in [0.3, 0.4) is 0 Å². The number of rotatable bonds is 7. The van der Waals surface area contributed by atoms with Crippen molar-refractivity contribution < 1.29 is 34.5 Å². The largest absolute Gasteiger partial charge is 0.508 e. The van der Waals surface area contributed by atoms with Crippen molar-refractivity contribution in [1.29, 1.82) is 0 Å². The molecule has 0 spiro atoms. The number of nitrogens with zero attached hydrogens (tertiary/aromatic N) is 5. The zero-order valence-corrected chi connectivity index (χ0v) is 34.1. The molecule has 4 heterocycles. The fourth-order valence-corrected chi connectivity index (χ4v) is 6.79. The van der Waals surface area contributed by atoms with Gasteiger partial charge in [0.1, 0.15) is 5.82 Å². The maximum Gasteiger partial charge on any atom is 0.268 e. The maximum atomic E-state index is 8.79. The van der Waals surface area contributed by atoms with Gasteiger partial charge in [-0.1, -0.05) is 115 Å². The Kier molecular flexibility index (Phi) is 8.87. The standard InChI is InChI=1S/C47H45N5O.Pt/c1-31(2)22-32-12-11-13-35(23-32)50-30-51(42-19-16-33(24-44(42)50)46(3,4)5)36-26-38(29-48-28-36)53-37-17-18-40-39-14-9-10-15-41(39)52(43(40)27-37)45-25-34(20-21-49-45)47(6,7)8;/h9-21,23-25,28-29,31H,22H2,1-8H3;/q-2;/i22D2,31D;. The first-order valence-electron chi connectivity index (χ1n) is 19.5. The van der Waals surface area contributed by atoms with E-state index < -0.39 is 12.3 Å². The first-order valence-corrected chi connectivity index (χ1v) is 18.0. The quantitative estimate of drug-likeness (QED) is 0.118. The molecular formula is C47H45N5OPt-2. The van der Waals surface area contributed by atoms with E-state index in [1.54, 1.807) is 32.3 Å². The molecule has 0 unspecified atom stereocenters. The van der Waals surface area contributed by atoms with Crippen LogP contribution in [-0.4, -0.2) is 19.1 Å². The van der Waals surface area contributed by atoms with Crippen LogP contribution in [-0.2, 0) is 38.3 Å². The van der Waals surface area contributed by atoms with E-state index in [1.807, 2.05) is 51.7 Å². The Bertz CT molecular complexity index is 2790. The molecule has 0 radical (unpaired) electrons. The second-order valence-electron chi connectivity index (χ2n) is 15.9. The average molecular weight is 894 g/mol. The van der Waals surface area contributed by atoms with E-state index in [9.17, 15) is 0 Å². The molecule has 6 nitrogen and oxygen atoms in total. The number of benzene rings is 4. The summed E-state index contributed by atoms with van der Waals surface area (Å²) in [7, 11) is 0. The third-order valence-corrected chi connectivity index (χ3v) is 9.52. The number of pyridine rings is 2. The van der Waals surface area contributed by atoms with Gasteiger partial charge in [-0.05, 0) is 87.9 Å². The molecule has 0 aliphatic carbocycles. The predicted octanol–water partition coefficient (Wildman–Crippen LogP) is 10.8. The molecule has 4 aromatic carbocycles. The van der Waals surface area contributed by atoms with Crippen LogP contribution in [0.15, 0.2) is 110 Å². The summed E-state index contributed by atoms with van der Waals surface area (Å²) in [5.74, 6) is 0.393. The van der Waals surface area contributed by atoms with Gasteiger partial charge in [-0.3, -0.25) is 4.57 Å². The van der Waals surface area contributed by atoms with Crippen LogP contribution < -0.4 is 9.30 Å². The van der Waals surface area contributed by atoms with Crippen molar-refractivity contribution in [1.82, 2.24) is 19.1 Å². The van der Waals surface area contributed by atoms with E-state index in [0.717, 1.165) is 49.9 Å². The Balaban J connectivity index is 0.00000496. The number of hydrogen-bond acceptors (Lipinski definition) is 3. The Morgan fingerprint density at radius 1 is 0.796 bits per heavy atom. The van der Waals surface area contributed by atoms with Gasteiger partial charge >= 0.3 is 0 Å². The summed E-state index contributed by atoms with van der Waals surface area (Å²) in [5, 5.41) is 2.15. The molecule has 0 aliphatic heterocycles. The molecule has 0 aliphatic rings. The van der Waals surface area contributed by atoms with Crippen molar-refractivity contribution in [2.75, 3.05) is 0 Å². The minimum atomic E-state index is -1.89. The second kappa shape index (κ2) is 14.3. The van der Waals surface area contributed by atoms with Gasteiger partial charge in [0.15, 0.2) is 0 Å². The molecule has 54 heavy (non-hydrogen) atoms. The van der Waals surface area contributed by atoms with E-state index in [0.29, 0.717) is 22.7 Å². The Labute approximate surface area is 337 Å². The molecular weight excluding hydrogens is 846 g/mol. The van der Waals surface area contributed by atoms with Crippen molar-refractivity contribution in [3.63, 3.8) is 0 Å². The summed E-state index contributed by atoms with van der Waals surface area (Å²) < 4.78 is 38.5. The maximum absolute atomic E-state index is 8.79. The molecule has 0 atom stereocenters. The van der Waals surface area contributed by atoms with Crippen molar-refractivity contribution in [2.45, 2.75) is 72.6 Å². The molecule has 8 aromatic rings. The molecule has 0 amide bonds. The summed E-state index contributed by atoms with van der Waals surface area (Å²) >= 11 is 0. The number of hydrogen-bond donors (Lipinski definition) is 0. The van der Waals surface area contributed by atoms with Crippen LogP contribution in [0, 0.1) is 24.4 Å². The topological polar surface area (TPSA) is 48.8 Å². The normalized spacial score (nSPS) is 13.4. The molecule has 0 bridgehead atoms. The minimum Gasteiger partial charge on any atom is -0.508 e. The van der Waals surface area contributed by atoms with Gasteiger partial charge in [-0.25, -0.2) is 4.98 Å². The summed E-state index contributed by atoms with van der Waals surface area (Å²) in [6.45, 7) is 16.3. The Morgan fingerprint density at radius 2 is 1.57 bits per heavy atom. The molecule has 0 saturated carbocycles. The predicted molar refractivity (Wildman–Crippen MR) is 214 cm³/mol. The van der Waals surface area contributed by atoms with Gasteiger partial charge in [-0.2, -0.15) is 6.07 Å². The third-order valence-electron chi connectivity index (χ3n) is 9.52. The van der Waals surface area contributed by atoms with Crippen LogP contribution in [0.5, 0.6) is 11.5 Å². The van der Waals surface area contributed by atoms with E-state index in [4.69, 9.17) is 13.8 Å². The number of imidazole rings is 1. The first-order chi connectivity index (χ1) is 26.4. The Morgan fingerprint density at radius 3 is 2.35 bits per heavy atom. The van der Waals surface area contributed by atoms with Gasteiger partial charge in [0.25, 0.3) is 6.33 Å². The van der Waals surface area contributed by atoms with Crippen LogP contribution in [0.2, 0.25) is 0 Å². The van der Waals surface area contributed by atoms with Gasteiger partial charge in [-0.15, -0.1) is 23.6 Å². The Hall–Kier alpha value is -5.06. The minimum absolute atomic E-state index is 0. The van der Waals surface area contributed by atoms with Crippen LogP contribution >= 0.6 is 0 Å². The van der Waals surface area contributed by atoms with Crippen LogP contribution in [0.4, 0.5) is 0 Å². The fourth-order valence-electron chi connectivity index (χ4n) is 6.79. The molecule has 276 valence electrons. The smallest absolute Gasteiger partial charge is 0.268 e. The van der Waals surface area contributed by atoms with Gasteiger partial charge in [0.2, 0.25) is 0 Å². The molecule has 8 rings (SSSR count). The van der Waals surface area contributed by atoms with Crippen LogP contribution in [0.1, 0.15) is 76.2 Å². The molecule has 4 aromatic heterocycles. The molecule has 7 heteroatoms. The van der Waals surface area contributed by atoms with E-state index >= 15 is 0 Å². The zero-order chi connectivity index (χ0) is 39.8. The van der Waals surface area contributed by atoms with Crippen molar-refractivity contribution >= 4 is 32.8 Å². The number of fused-ring (bicyclic) bond motifs is 4. The van der Waals surface area contributed by atoms with Gasteiger partial charge < -0.3 is 18.9 Å². The van der Waals surface area contributed by atoms with Crippen molar-refractivity contribution in [3.05, 3.63) is 145 Å². The molecule has 0 fully saturated rings. The van der Waals surface area contributed by atoms with Gasteiger partial charge in [0, 0.05) is 48.4 Å². The van der Waals surface area contributed by atoms with Gasteiger partial charge in [0.05, 0.1) is 16.7 Å². The zero-order valence-electron chi connectivity index (χ0n) is 34.9.